The van der Waals surface area contributed by atoms with E-state index in [0.717, 1.165) is 33.4 Å². The summed E-state index contributed by atoms with van der Waals surface area (Å²) in [4.78, 5) is 50.0. The quantitative estimate of drug-likeness (QED) is 0.0485. The van der Waals surface area contributed by atoms with Gasteiger partial charge in [-0.05, 0) is 34.7 Å². The summed E-state index contributed by atoms with van der Waals surface area (Å²) < 4.78 is 13.4. The van der Waals surface area contributed by atoms with E-state index in [1.807, 2.05) is 121 Å². The van der Waals surface area contributed by atoms with Crippen molar-refractivity contribution < 1.29 is 23.9 Å². The second-order valence-corrected chi connectivity index (χ2v) is 12.7. The summed E-state index contributed by atoms with van der Waals surface area (Å²) in [5.74, 6) is -1.17. The van der Waals surface area contributed by atoms with E-state index < -0.39 is 29.6 Å². The summed E-state index contributed by atoms with van der Waals surface area (Å²) in [5, 5.41) is 0. The lowest BCUT2D eigenvalue weighted by Gasteiger charge is -2.37. The Balaban J connectivity index is 1.48. The van der Waals surface area contributed by atoms with Gasteiger partial charge in [0.15, 0.2) is 6.10 Å². The number of ether oxygens (including phenoxy) is 2. The van der Waals surface area contributed by atoms with Crippen molar-refractivity contribution in [3.8, 4) is 0 Å². The molecule has 1 amide bonds. The first-order chi connectivity index (χ1) is 25.9. The number of amides is 1. The zero-order valence-electron chi connectivity index (χ0n) is 29.6. The van der Waals surface area contributed by atoms with Crippen LogP contribution >= 0.6 is 0 Å². The predicted molar refractivity (Wildman–Crippen MR) is 201 cm³/mol. The van der Waals surface area contributed by atoms with Gasteiger partial charge in [-0.15, -0.1) is 0 Å². The van der Waals surface area contributed by atoms with Gasteiger partial charge in [-0.3, -0.25) is 9.59 Å². The summed E-state index contributed by atoms with van der Waals surface area (Å²) in [6, 6.07) is 46.0. The van der Waals surface area contributed by atoms with Crippen LogP contribution in [0.15, 0.2) is 163 Å². The number of carbonyl (C=O) groups is 2. The highest BCUT2D eigenvalue weighted by Crippen LogP contribution is 2.41. The van der Waals surface area contributed by atoms with Gasteiger partial charge in [-0.2, -0.15) is 4.99 Å². The van der Waals surface area contributed by atoms with E-state index in [9.17, 15) is 14.4 Å². The normalized spacial score (nSPS) is 12.3. The minimum absolute atomic E-state index is 0.0292. The number of benzene rings is 5. The second kappa shape index (κ2) is 17.2. The van der Waals surface area contributed by atoms with Gasteiger partial charge < -0.3 is 18.9 Å². The Labute approximate surface area is 309 Å². The molecule has 0 saturated carbocycles. The monoisotopic (exact) mass is 704 g/mol. The van der Waals surface area contributed by atoms with E-state index in [0.29, 0.717) is 5.69 Å². The van der Waals surface area contributed by atoms with E-state index >= 15 is 0 Å². The Hall–Kier alpha value is -6.41. The van der Waals surface area contributed by atoms with E-state index in [1.54, 1.807) is 18.6 Å². The third-order valence-electron chi connectivity index (χ3n) is 9.22. The van der Waals surface area contributed by atoms with Crippen molar-refractivity contribution in [1.82, 2.24) is 14.5 Å². The summed E-state index contributed by atoms with van der Waals surface area (Å²) in [7, 11) is 1.27. The minimum Gasteiger partial charge on any atom is -0.468 e. The van der Waals surface area contributed by atoms with Gasteiger partial charge in [-0.1, -0.05) is 151 Å². The highest BCUT2D eigenvalue weighted by molar-refractivity contribution is 5.86. The fraction of sp³-hybridized carbons (Fsp3) is 0.182. The average molecular weight is 705 g/mol. The lowest BCUT2D eigenvalue weighted by Crippen LogP contribution is -2.45. The number of esters is 1. The number of hydrogen-bond donors (Lipinski definition) is 0. The van der Waals surface area contributed by atoms with Gasteiger partial charge in [0.1, 0.15) is 18.1 Å². The number of aryl methyl sites for hydroxylation is 1. The fourth-order valence-corrected chi connectivity index (χ4v) is 6.59. The molecular formula is C44H40N4O5. The van der Waals surface area contributed by atoms with Gasteiger partial charge in [0, 0.05) is 12.7 Å². The van der Waals surface area contributed by atoms with Gasteiger partial charge in [-0.25, -0.2) is 9.78 Å². The lowest BCUT2D eigenvalue weighted by molar-refractivity contribution is -0.154. The van der Waals surface area contributed by atoms with Crippen LogP contribution in [0.1, 0.15) is 45.1 Å². The maximum absolute atomic E-state index is 14.7. The summed E-state index contributed by atoms with van der Waals surface area (Å²) in [6.07, 6.45) is 3.80. The smallest absolute Gasteiger partial charge is 0.325 e. The van der Waals surface area contributed by atoms with Crippen LogP contribution in [0.3, 0.4) is 0 Å². The topological polar surface area (TPSA) is 103 Å². The molecule has 0 saturated heterocycles. The molecule has 0 aliphatic rings. The van der Waals surface area contributed by atoms with Crippen molar-refractivity contribution in [3.63, 3.8) is 0 Å². The number of aromatic nitrogens is 2. The van der Waals surface area contributed by atoms with E-state index in [1.165, 1.54) is 12.0 Å². The Morgan fingerprint density at radius 2 is 1.30 bits per heavy atom. The molecule has 53 heavy (non-hydrogen) atoms. The molecule has 2 atom stereocenters. The minimum atomic E-state index is -1.37. The van der Waals surface area contributed by atoms with Crippen LogP contribution in [0, 0.1) is 6.92 Å². The molecule has 0 radical (unpaired) electrons. The molecule has 266 valence electrons. The van der Waals surface area contributed by atoms with Crippen molar-refractivity contribution in [1.29, 1.82) is 0 Å². The van der Waals surface area contributed by atoms with Crippen LogP contribution in [0.25, 0.3) is 0 Å². The number of nitrogens with zero attached hydrogens (tertiary/aromatic N) is 4. The lowest BCUT2D eigenvalue weighted by atomic mass is 9.77. The number of methoxy groups -OCH3 is 1. The third-order valence-corrected chi connectivity index (χ3v) is 9.22. The predicted octanol–water partition coefficient (Wildman–Crippen LogP) is 7.20. The molecule has 9 nitrogen and oxygen atoms in total. The molecule has 0 aliphatic heterocycles. The van der Waals surface area contributed by atoms with Crippen LogP contribution < -0.4 is 0 Å². The largest absolute Gasteiger partial charge is 0.468 e. The van der Waals surface area contributed by atoms with Gasteiger partial charge in [0.2, 0.25) is 6.08 Å². The number of hydrogen-bond acceptors (Lipinski definition) is 7. The number of carbonyl (C=O) groups excluding carboxylic acids is 3. The summed E-state index contributed by atoms with van der Waals surface area (Å²) in [5.41, 5.74) is 4.95. The van der Waals surface area contributed by atoms with E-state index in [-0.39, 0.29) is 19.7 Å². The molecule has 1 heterocycles. The molecule has 0 aliphatic carbocycles. The first-order valence-electron chi connectivity index (χ1n) is 17.3. The number of aliphatic imine (C=N–C) groups is 1. The van der Waals surface area contributed by atoms with Crippen molar-refractivity contribution in [2.45, 2.75) is 37.8 Å². The van der Waals surface area contributed by atoms with Crippen LogP contribution in [0.2, 0.25) is 0 Å². The first-order valence-corrected chi connectivity index (χ1v) is 17.3. The van der Waals surface area contributed by atoms with Crippen molar-refractivity contribution in [2.24, 2.45) is 4.99 Å². The van der Waals surface area contributed by atoms with Crippen molar-refractivity contribution >= 4 is 18.0 Å². The Morgan fingerprint density at radius 1 is 0.774 bits per heavy atom. The van der Waals surface area contributed by atoms with Crippen LogP contribution in [-0.4, -0.2) is 52.2 Å². The molecule has 0 bridgehead atoms. The van der Waals surface area contributed by atoms with Crippen LogP contribution in [-0.2, 0) is 42.5 Å². The SMILES string of the molecule is COC(=O)CN(Cc1ccc(C)cc1)C(=O)[C@@H](OCc1ccccc1)C(N=C=O)c1cn(C(c2ccccc2)(c2ccccc2)c2ccccc2)cn1. The van der Waals surface area contributed by atoms with Crippen LogP contribution in [0.5, 0.6) is 0 Å². The highest BCUT2D eigenvalue weighted by Gasteiger charge is 2.41. The van der Waals surface area contributed by atoms with Crippen molar-refractivity contribution in [3.05, 3.63) is 197 Å². The number of imidazole rings is 1. The Kier molecular flexibility index (Phi) is 11.8. The van der Waals surface area contributed by atoms with Gasteiger partial charge in [0.05, 0.1) is 25.7 Å². The van der Waals surface area contributed by atoms with E-state index in [4.69, 9.17) is 14.5 Å². The van der Waals surface area contributed by atoms with Crippen molar-refractivity contribution in [2.75, 3.05) is 13.7 Å². The molecule has 6 aromatic rings. The zero-order chi connectivity index (χ0) is 37.0. The molecule has 0 spiro atoms. The standard InChI is InChI=1S/C44H40N4O5/c1-33-23-25-34(26-24-33)27-47(29-40(50)52-2)43(51)42(53-30-35-15-7-3-8-16-35)41(46-32-49)39-28-48(31-45-39)44(36-17-9-4-10-18-36,37-19-11-5-12-20-37)38-21-13-6-14-22-38/h3-26,28,31,41-42H,27,29-30H2,1-2H3/t41?,42-/m0/s1. The molecule has 0 fully saturated rings. The first kappa shape index (κ1) is 36.4. The molecule has 5 aromatic carbocycles. The zero-order valence-corrected chi connectivity index (χ0v) is 29.6. The maximum Gasteiger partial charge on any atom is 0.325 e. The summed E-state index contributed by atoms with van der Waals surface area (Å²) >= 11 is 0. The Morgan fingerprint density at radius 3 is 1.81 bits per heavy atom. The highest BCUT2D eigenvalue weighted by atomic mass is 16.5. The fourth-order valence-electron chi connectivity index (χ4n) is 6.59. The molecule has 9 heteroatoms. The van der Waals surface area contributed by atoms with Gasteiger partial charge >= 0.3 is 5.97 Å². The number of rotatable bonds is 15. The molecule has 0 N–H and O–H groups in total. The molecular weight excluding hydrogens is 665 g/mol. The average Bonchev–Trinajstić information content (AvgIpc) is 3.70. The maximum atomic E-state index is 14.7. The Bertz CT molecular complexity index is 2040. The molecule has 6 rings (SSSR count). The summed E-state index contributed by atoms with van der Waals surface area (Å²) in [6.45, 7) is 1.74. The van der Waals surface area contributed by atoms with Gasteiger partial charge in [0.25, 0.3) is 5.91 Å². The third kappa shape index (κ3) is 8.23. The molecule has 1 aromatic heterocycles. The second-order valence-electron chi connectivity index (χ2n) is 12.7. The van der Waals surface area contributed by atoms with Crippen LogP contribution in [0.4, 0.5) is 0 Å². The molecule has 1 unspecified atom stereocenters. The number of isocyanates is 1. The van der Waals surface area contributed by atoms with E-state index in [2.05, 4.69) is 41.4 Å².